The third kappa shape index (κ3) is 4.26. The summed E-state index contributed by atoms with van der Waals surface area (Å²) in [5.41, 5.74) is -0.546. The summed E-state index contributed by atoms with van der Waals surface area (Å²) < 4.78 is 5.85. The number of halogens is 1. The van der Waals surface area contributed by atoms with Gasteiger partial charge in [-0.05, 0) is 19.9 Å². The molecule has 0 bridgehead atoms. The van der Waals surface area contributed by atoms with Gasteiger partial charge in [-0.3, -0.25) is 4.79 Å². The lowest BCUT2D eigenvalue weighted by Crippen LogP contribution is -2.50. The highest BCUT2D eigenvalue weighted by atomic mass is 127. The van der Waals surface area contributed by atoms with Gasteiger partial charge in [-0.25, -0.2) is 0 Å². The van der Waals surface area contributed by atoms with Crippen LogP contribution in [0.5, 0.6) is 0 Å². The molecule has 1 N–H and O–H groups in total. The summed E-state index contributed by atoms with van der Waals surface area (Å²) in [6.45, 7) is 6.39. The third-order valence-electron chi connectivity index (χ3n) is 1.82. The van der Waals surface area contributed by atoms with Gasteiger partial charge in [0, 0.05) is 4.43 Å². The molecule has 0 saturated heterocycles. The first kappa shape index (κ1) is 13.2. The Morgan fingerprint density at radius 1 is 1.62 bits per heavy atom. The summed E-state index contributed by atoms with van der Waals surface area (Å²) in [6.07, 6.45) is 0. The number of carbonyl (C=O) groups excluding carboxylic acids is 1. The Labute approximate surface area is 93.7 Å². The molecule has 0 amide bonds. The van der Waals surface area contributed by atoms with E-state index in [1.54, 1.807) is 7.05 Å². The van der Waals surface area contributed by atoms with Crippen LogP contribution in [0.4, 0.5) is 0 Å². The minimum absolute atomic E-state index is 0.168. The second kappa shape index (κ2) is 5.80. The topological polar surface area (TPSA) is 38.3 Å². The van der Waals surface area contributed by atoms with Gasteiger partial charge in [0.15, 0.2) is 0 Å². The van der Waals surface area contributed by atoms with Crippen LogP contribution in [-0.2, 0) is 9.53 Å². The average Bonchev–Trinajstić information content (AvgIpc) is 2.12. The van der Waals surface area contributed by atoms with Gasteiger partial charge >= 0.3 is 5.97 Å². The third-order valence-corrected chi connectivity index (χ3v) is 3.34. The SMILES string of the molecule is CNC(C)(CI)C(=O)OCC(C)C. The maximum atomic E-state index is 11.5. The van der Waals surface area contributed by atoms with Gasteiger partial charge in [-0.15, -0.1) is 0 Å². The fourth-order valence-corrected chi connectivity index (χ4v) is 1.32. The van der Waals surface area contributed by atoms with E-state index in [0.29, 0.717) is 17.0 Å². The molecule has 1 unspecified atom stereocenters. The Morgan fingerprint density at radius 2 is 2.15 bits per heavy atom. The molecule has 0 saturated carbocycles. The molecule has 0 fully saturated rings. The predicted molar refractivity (Wildman–Crippen MR) is 62.1 cm³/mol. The lowest BCUT2D eigenvalue weighted by Gasteiger charge is -2.24. The number of hydrogen-bond acceptors (Lipinski definition) is 3. The molecule has 4 heteroatoms. The smallest absolute Gasteiger partial charge is 0.326 e. The van der Waals surface area contributed by atoms with E-state index < -0.39 is 5.54 Å². The van der Waals surface area contributed by atoms with Crippen LogP contribution in [-0.4, -0.2) is 29.6 Å². The molecule has 13 heavy (non-hydrogen) atoms. The van der Waals surface area contributed by atoms with Gasteiger partial charge in [0.05, 0.1) is 6.61 Å². The number of carbonyl (C=O) groups is 1. The van der Waals surface area contributed by atoms with Crippen LogP contribution in [0.15, 0.2) is 0 Å². The van der Waals surface area contributed by atoms with Crippen molar-refractivity contribution in [3.05, 3.63) is 0 Å². The molecular weight excluding hydrogens is 281 g/mol. The Balaban J connectivity index is 4.07. The van der Waals surface area contributed by atoms with Crippen LogP contribution >= 0.6 is 22.6 Å². The van der Waals surface area contributed by atoms with Gasteiger partial charge in [-0.2, -0.15) is 0 Å². The molecule has 0 radical (unpaired) electrons. The van der Waals surface area contributed by atoms with Crippen LogP contribution in [0, 0.1) is 5.92 Å². The van der Waals surface area contributed by atoms with E-state index in [2.05, 4.69) is 27.9 Å². The molecule has 0 aromatic heterocycles. The van der Waals surface area contributed by atoms with Crippen LogP contribution in [0.1, 0.15) is 20.8 Å². The first-order valence-electron chi connectivity index (χ1n) is 4.38. The second-order valence-corrected chi connectivity index (χ2v) is 4.47. The first-order chi connectivity index (χ1) is 5.96. The normalized spacial score (nSPS) is 15.5. The number of esters is 1. The molecule has 0 heterocycles. The molecule has 0 spiro atoms. The number of nitrogens with one attached hydrogen (secondary N) is 1. The van der Waals surface area contributed by atoms with Crippen molar-refractivity contribution in [3.8, 4) is 0 Å². The van der Waals surface area contributed by atoms with Crippen LogP contribution in [0.3, 0.4) is 0 Å². The van der Waals surface area contributed by atoms with Crippen LogP contribution < -0.4 is 5.32 Å². The lowest BCUT2D eigenvalue weighted by molar-refractivity contribution is -0.150. The van der Waals surface area contributed by atoms with E-state index in [9.17, 15) is 4.79 Å². The zero-order chi connectivity index (χ0) is 10.5. The molecule has 0 aliphatic heterocycles. The van der Waals surface area contributed by atoms with E-state index in [1.807, 2.05) is 20.8 Å². The van der Waals surface area contributed by atoms with Gasteiger partial charge < -0.3 is 10.1 Å². The number of rotatable bonds is 5. The highest BCUT2D eigenvalue weighted by Gasteiger charge is 2.31. The number of alkyl halides is 1. The standard InChI is InChI=1S/C9H18INO2/c1-7(2)5-13-8(12)9(3,6-10)11-4/h7,11H,5-6H2,1-4H3. The molecule has 0 aromatic rings. The monoisotopic (exact) mass is 299 g/mol. The second-order valence-electron chi connectivity index (χ2n) is 3.71. The predicted octanol–water partition coefficient (Wildman–Crippen LogP) is 1.60. The van der Waals surface area contributed by atoms with Gasteiger partial charge in [0.2, 0.25) is 0 Å². The van der Waals surface area contributed by atoms with Crippen molar-refractivity contribution < 1.29 is 9.53 Å². The van der Waals surface area contributed by atoms with E-state index in [-0.39, 0.29) is 5.97 Å². The fourth-order valence-electron chi connectivity index (χ4n) is 0.625. The Hall–Kier alpha value is 0.160. The summed E-state index contributed by atoms with van der Waals surface area (Å²) >= 11 is 2.18. The Morgan fingerprint density at radius 3 is 2.46 bits per heavy atom. The van der Waals surface area contributed by atoms with E-state index in [1.165, 1.54) is 0 Å². The molecule has 1 atom stereocenters. The van der Waals surface area contributed by atoms with E-state index in [4.69, 9.17) is 4.74 Å². The minimum Gasteiger partial charge on any atom is -0.464 e. The molecule has 3 nitrogen and oxygen atoms in total. The lowest BCUT2D eigenvalue weighted by atomic mass is 10.1. The first-order valence-corrected chi connectivity index (χ1v) is 5.91. The summed E-state index contributed by atoms with van der Waals surface area (Å²) in [6, 6.07) is 0. The van der Waals surface area contributed by atoms with Crippen molar-refractivity contribution in [1.29, 1.82) is 0 Å². The molecule has 78 valence electrons. The van der Waals surface area contributed by atoms with Crippen molar-refractivity contribution in [1.82, 2.24) is 5.32 Å². The number of ether oxygens (including phenoxy) is 1. The van der Waals surface area contributed by atoms with Crippen LogP contribution in [0.2, 0.25) is 0 Å². The minimum atomic E-state index is -0.546. The summed E-state index contributed by atoms with van der Waals surface area (Å²) in [4.78, 5) is 11.5. The van der Waals surface area contributed by atoms with Crippen molar-refractivity contribution in [2.45, 2.75) is 26.3 Å². The number of hydrogen-bond donors (Lipinski definition) is 1. The highest BCUT2D eigenvalue weighted by molar-refractivity contribution is 14.1. The molecule has 0 aliphatic carbocycles. The fraction of sp³-hybridized carbons (Fsp3) is 0.889. The Bertz CT molecular complexity index is 167. The Kier molecular flexibility index (Phi) is 5.87. The summed E-state index contributed by atoms with van der Waals surface area (Å²) in [5.74, 6) is 0.220. The van der Waals surface area contributed by atoms with E-state index in [0.717, 1.165) is 0 Å². The van der Waals surface area contributed by atoms with Crippen LogP contribution in [0.25, 0.3) is 0 Å². The molecule has 0 aromatic carbocycles. The molecular formula is C9H18INO2. The van der Waals surface area contributed by atoms with Crippen molar-refractivity contribution in [2.24, 2.45) is 5.92 Å². The molecule has 0 aliphatic rings. The summed E-state index contributed by atoms with van der Waals surface area (Å²) in [5, 5.41) is 2.97. The quantitative estimate of drug-likeness (QED) is 0.476. The van der Waals surface area contributed by atoms with Gasteiger partial charge in [-0.1, -0.05) is 36.4 Å². The zero-order valence-electron chi connectivity index (χ0n) is 8.69. The van der Waals surface area contributed by atoms with Gasteiger partial charge in [0.25, 0.3) is 0 Å². The average molecular weight is 299 g/mol. The number of likely N-dealkylation sites (N-methyl/N-ethyl adjacent to an activating group) is 1. The van der Waals surface area contributed by atoms with Crippen molar-refractivity contribution >= 4 is 28.6 Å². The maximum absolute atomic E-state index is 11.5. The highest BCUT2D eigenvalue weighted by Crippen LogP contribution is 2.10. The molecule has 0 rings (SSSR count). The van der Waals surface area contributed by atoms with E-state index >= 15 is 0 Å². The largest absolute Gasteiger partial charge is 0.464 e. The summed E-state index contributed by atoms with van der Waals surface area (Å²) in [7, 11) is 1.77. The van der Waals surface area contributed by atoms with Gasteiger partial charge in [0.1, 0.15) is 5.54 Å². The maximum Gasteiger partial charge on any atom is 0.326 e. The van der Waals surface area contributed by atoms with Crippen molar-refractivity contribution in [2.75, 3.05) is 18.1 Å². The zero-order valence-corrected chi connectivity index (χ0v) is 10.8. The van der Waals surface area contributed by atoms with Crippen molar-refractivity contribution in [3.63, 3.8) is 0 Å².